The van der Waals surface area contributed by atoms with Gasteiger partial charge in [-0.2, -0.15) is 9.97 Å². The molecule has 0 bridgehead atoms. The molecule has 0 fully saturated rings. The van der Waals surface area contributed by atoms with E-state index in [1.54, 1.807) is 0 Å². The zero-order valence-corrected chi connectivity index (χ0v) is 38.6. The van der Waals surface area contributed by atoms with E-state index >= 15 is 0 Å². The van der Waals surface area contributed by atoms with E-state index in [1.165, 1.54) is 0 Å². The van der Waals surface area contributed by atoms with Crippen LogP contribution in [0.2, 0.25) is 0 Å². The number of benzene rings is 9. The van der Waals surface area contributed by atoms with Crippen molar-refractivity contribution in [2.24, 2.45) is 15.7 Å². The minimum absolute atomic E-state index is 0.411. The summed E-state index contributed by atoms with van der Waals surface area (Å²) in [5.41, 5.74) is 16.9. The van der Waals surface area contributed by atoms with Crippen LogP contribution < -0.4 is 5.73 Å². The number of aliphatic imine (C=N–C) groups is 2. The van der Waals surface area contributed by atoms with Gasteiger partial charge < -0.3 is 10.3 Å². The topological polar surface area (TPSA) is 99.3 Å². The molecule has 71 heavy (non-hydrogen) atoms. The third-order valence-electron chi connectivity index (χ3n) is 13.5. The van der Waals surface area contributed by atoms with Gasteiger partial charge in [0.25, 0.3) is 0 Å². The van der Waals surface area contributed by atoms with E-state index < -0.39 is 0 Å². The van der Waals surface area contributed by atoms with Crippen molar-refractivity contribution in [3.8, 4) is 34.4 Å². The predicted octanol–water partition coefficient (Wildman–Crippen LogP) is 14.3. The lowest BCUT2D eigenvalue weighted by atomic mass is 9.97. The SMILES string of the molecule is NC(=NC(=NCC1=CCC=CC=C1)c1ccc(-n2c3ccccc3c3c2ccc2c4ccccc4n(-c4nc(-c5ccccc5)nc(-c5ccccc5)n4)c23)cc1)c1cccc2ccc3ccccc3c12. The molecule has 0 aliphatic heterocycles. The fourth-order valence-corrected chi connectivity index (χ4v) is 10.2. The molecule has 13 rings (SSSR count). The summed E-state index contributed by atoms with van der Waals surface area (Å²) in [6, 6.07) is 69.4. The normalized spacial score (nSPS) is 13.3. The number of nitrogens with zero attached hydrogens (tertiary/aromatic N) is 7. The molecule has 0 saturated heterocycles. The molecule has 0 amide bonds. The summed E-state index contributed by atoms with van der Waals surface area (Å²) in [6.45, 7) is 0.461. The lowest BCUT2D eigenvalue weighted by Crippen LogP contribution is -2.17. The average Bonchev–Trinajstić information content (AvgIpc) is 3.82. The van der Waals surface area contributed by atoms with Gasteiger partial charge in [-0.3, -0.25) is 9.56 Å². The maximum Gasteiger partial charge on any atom is 0.238 e. The molecular weight excluding hydrogens is 869 g/mol. The molecule has 8 heteroatoms. The van der Waals surface area contributed by atoms with Gasteiger partial charge in [0, 0.05) is 54.9 Å². The molecule has 0 saturated carbocycles. The number of allylic oxidation sites excluding steroid dienone is 4. The minimum atomic E-state index is 0.411. The molecule has 0 atom stereocenters. The second-order valence-electron chi connectivity index (χ2n) is 17.8. The van der Waals surface area contributed by atoms with Crippen LogP contribution in [0, 0.1) is 0 Å². The molecule has 2 N–H and O–H groups in total. The highest BCUT2D eigenvalue weighted by molar-refractivity contribution is 6.26. The van der Waals surface area contributed by atoms with Gasteiger partial charge in [0.1, 0.15) is 5.84 Å². The first kappa shape index (κ1) is 41.6. The van der Waals surface area contributed by atoms with E-state index in [4.69, 9.17) is 30.7 Å². The third kappa shape index (κ3) is 7.37. The Kier molecular flexibility index (Phi) is 10.3. The van der Waals surface area contributed by atoms with Crippen LogP contribution in [0.4, 0.5) is 0 Å². The smallest absolute Gasteiger partial charge is 0.238 e. The zero-order valence-electron chi connectivity index (χ0n) is 38.6. The summed E-state index contributed by atoms with van der Waals surface area (Å²) < 4.78 is 4.57. The Morgan fingerprint density at radius 2 is 1.15 bits per heavy atom. The third-order valence-corrected chi connectivity index (χ3v) is 13.5. The van der Waals surface area contributed by atoms with Crippen LogP contribution in [-0.2, 0) is 0 Å². The first-order valence-corrected chi connectivity index (χ1v) is 23.9. The fourth-order valence-electron chi connectivity index (χ4n) is 10.2. The Labute approximate surface area is 409 Å². The molecule has 9 aromatic carbocycles. The maximum atomic E-state index is 7.07. The molecule has 0 spiro atoms. The number of rotatable bonds is 8. The summed E-state index contributed by atoms with van der Waals surface area (Å²) in [5, 5.41) is 8.90. The molecule has 3 heterocycles. The van der Waals surface area contributed by atoms with Gasteiger partial charge in [-0.05, 0) is 70.6 Å². The van der Waals surface area contributed by atoms with Crippen molar-refractivity contribution in [2.45, 2.75) is 6.42 Å². The molecule has 1 aliphatic carbocycles. The number of hydrogen-bond acceptors (Lipinski definition) is 4. The van der Waals surface area contributed by atoms with Crippen LogP contribution in [0.3, 0.4) is 0 Å². The van der Waals surface area contributed by atoms with E-state index in [0.29, 0.717) is 35.8 Å². The van der Waals surface area contributed by atoms with Crippen molar-refractivity contribution in [2.75, 3.05) is 6.54 Å². The molecule has 336 valence electrons. The van der Waals surface area contributed by atoms with E-state index in [0.717, 1.165) is 105 Å². The Hall–Kier alpha value is -9.53. The molecule has 12 aromatic rings. The largest absolute Gasteiger partial charge is 0.383 e. The van der Waals surface area contributed by atoms with Crippen molar-refractivity contribution in [3.05, 3.63) is 247 Å². The second kappa shape index (κ2) is 17.5. The first-order valence-electron chi connectivity index (χ1n) is 23.9. The van der Waals surface area contributed by atoms with E-state index in [2.05, 4.69) is 173 Å². The zero-order chi connectivity index (χ0) is 47.3. The monoisotopic (exact) mass is 912 g/mol. The van der Waals surface area contributed by atoms with Gasteiger partial charge in [-0.1, -0.05) is 188 Å². The van der Waals surface area contributed by atoms with E-state index in [-0.39, 0.29) is 0 Å². The number of aromatic nitrogens is 5. The molecule has 0 unspecified atom stereocenters. The van der Waals surface area contributed by atoms with Crippen LogP contribution in [0.25, 0.3) is 99.6 Å². The minimum Gasteiger partial charge on any atom is -0.383 e. The highest BCUT2D eigenvalue weighted by Gasteiger charge is 2.23. The van der Waals surface area contributed by atoms with Crippen molar-refractivity contribution in [3.63, 3.8) is 0 Å². The summed E-state index contributed by atoms with van der Waals surface area (Å²) in [6.07, 6.45) is 11.4. The Balaban J connectivity index is 0.985. The maximum absolute atomic E-state index is 7.07. The summed E-state index contributed by atoms with van der Waals surface area (Å²) in [5.74, 6) is 2.73. The molecule has 8 nitrogen and oxygen atoms in total. The Morgan fingerprint density at radius 3 is 1.92 bits per heavy atom. The Morgan fingerprint density at radius 1 is 0.507 bits per heavy atom. The molecule has 0 radical (unpaired) electrons. The van der Waals surface area contributed by atoms with Gasteiger partial charge in [-0.15, -0.1) is 0 Å². The molecular formula is C63H44N8. The van der Waals surface area contributed by atoms with Gasteiger partial charge in [0.2, 0.25) is 5.95 Å². The highest BCUT2D eigenvalue weighted by Crippen LogP contribution is 2.42. The van der Waals surface area contributed by atoms with Crippen LogP contribution in [0.15, 0.2) is 246 Å². The number of hydrogen-bond donors (Lipinski definition) is 1. The van der Waals surface area contributed by atoms with E-state index in [1.807, 2.05) is 66.7 Å². The highest BCUT2D eigenvalue weighted by atomic mass is 15.2. The standard InChI is InChI=1S/C63H44N8/c64-59(52-29-17-25-43-33-32-42-20-11-12-26-48(42)56(43)52)66-60(65-40-41-18-5-1-2-6-19-41)46-34-36-47(37-35-46)70-54-31-16-14-28-51(54)57-55(70)39-38-50-49-27-13-15-30-53(49)71(58(50)57)63-68-61(44-21-7-3-8-22-44)67-62(69-63)45-23-9-4-10-24-45/h1-5,7-39H,6,40H2,(H2,64,65,66). The molecule has 1 aliphatic rings. The summed E-state index contributed by atoms with van der Waals surface area (Å²) in [7, 11) is 0. The summed E-state index contributed by atoms with van der Waals surface area (Å²) in [4.78, 5) is 25.9. The summed E-state index contributed by atoms with van der Waals surface area (Å²) >= 11 is 0. The fraction of sp³-hybridized carbons (Fsp3) is 0.0317. The predicted molar refractivity (Wildman–Crippen MR) is 294 cm³/mol. The second-order valence-corrected chi connectivity index (χ2v) is 17.8. The number of amidine groups is 2. The van der Waals surface area contributed by atoms with Gasteiger partial charge in [0.15, 0.2) is 17.5 Å². The van der Waals surface area contributed by atoms with Crippen LogP contribution in [0.1, 0.15) is 17.5 Å². The van der Waals surface area contributed by atoms with Crippen molar-refractivity contribution >= 4 is 76.8 Å². The van der Waals surface area contributed by atoms with Gasteiger partial charge in [-0.25, -0.2) is 9.98 Å². The molecule has 3 aromatic heterocycles. The average molecular weight is 913 g/mol. The number of nitrogens with two attached hydrogens (primary N) is 1. The number of fused-ring (bicyclic) bond motifs is 10. The quantitative estimate of drug-likeness (QED) is 0.0932. The van der Waals surface area contributed by atoms with Crippen molar-refractivity contribution in [1.82, 2.24) is 24.1 Å². The lowest BCUT2D eigenvalue weighted by molar-refractivity contribution is 0.955. The van der Waals surface area contributed by atoms with Gasteiger partial charge in [0.05, 0.1) is 28.6 Å². The first-order chi connectivity index (χ1) is 35.1. The lowest BCUT2D eigenvalue weighted by Gasteiger charge is -2.12. The van der Waals surface area contributed by atoms with Crippen LogP contribution in [0.5, 0.6) is 0 Å². The van der Waals surface area contributed by atoms with Crippen LogP contribution >= 0.6 is 0 Å². The van der Waals surface area contributed by atoms with Crippen molar-refractivity contribution < 1.29 is 0 Å². The van der Waals surface area contributed by atoms with Crippen molar-refractivity contribution in [1.29, 1.82) is 0 Å². The van der Waals surface area contributed by atoms with Gasteiger partial charge >= 0.3 is 0 Å². The van der Waals surface area contributed by atoms with E-state index in [9.17, 15) is 0 Å². The Bertz CT molecular complexity index is 4150. The number of para-hydroxylation sites is 2. The van der Waals surface area contributed by atoms with Crippen LogP contribution in [-0.4, -0.2) is 42.3 Å².